The Morgan fingerprint density at radius 1 is 0.462 bits per heavy atom. The predicted octanol–water partition coefficient (Wildman–Crippen LogP) is 7.87. The molecule has 78 heavy (non-hydrogen) atoms. The van der Waals surface area contributed by atoms with E-state index in [1.807, 2.05) is 88.4 Å². The van der Waals surface area contributed by atoms with Gasteiger partial charge in [0.2, 0.25) is 35.4 Å². The number of esters is 2. The number of carbonyl (C=O) groups excluding carboxylic acids is 8. The van der Waals surface area contributed by atoms with Gasteiger partial charge in [-0.3, -0.25) is 38.4 Å². The number of cyclic esters (lactones) is 2. The molecule has 5 rings (SSSR count). The van der Waals surface area contributed by atoms with Crippen molar-refractivity contribution in [2.24, 2.45) is 23.7 Å². The topological polar surface area (TPSA) is 210 Å². The van der Waals surface area contributed by atoms with Crippen molar-refractivity contribution in [3.05, 3.63) is 96.1 Å². The van der Waals surface area contributed by atoms with Crippen molar-refractivity contribution in [3.8, 4) is 0 Å². The second-order valence-corrected chi connectivity index (χ2v) is 22.1. The highest BCUT2D eigenvalue weighted by Gasteiger charge is 2.37. The van der Waals surface area contributed by atoms with Crippen LogP contribution >= 0.6 is 0 Å². The van der Waals surface area contributed by atoms with Crippen LogP contribution in [-0.2, 0) is 60.7 Å². The average molecular weight is 1080 g/mol. The van der Waals surface area contributed by atoms with Gasteiger partial charge in [-0.25, -0.2) is 0 Å². The molecule has 0 saturated carbocycles. The van der Waals surface area contributed by atoms with Gasteiger partial charge in [0, 0.05) is 51.9 Å². The van der Waals surface area contributed by atoms with E-state index in [1.54, 1.807) is 9.80 Å². The minimum absolute atomic E-state index is 0.199. The summed E-state index contributed by atoms with van der Waals surface area (Å²) in [6.07, 6.45) is 20.9. The van der Waals surface area contributed by atoms with E-state index in [0.717, 1.165) is 62.5 Å². The number of amides is 6. The molecule has 2 fully saturated rings. The molecule has 2 saturated heterocycles. The van der Waals surface area contributed by atoms with Gasteiger partial charge in [0.25, 0.3) is 0 Å². The summed E-state index contributed by atoms with van der Waals surface area (Å²) in [7, 11) is 0. The molecule has 4 bridgehead atoms. The van der Waals surface area contributed by atoms with Gasteiger partial charge in [0.1, 0.15) is 24.2 Å². The van der Waals surface area contributed by atoms with Crippen LogP contribution in [0.3, 0.4) is 0 Å². The summed E-state index contributed by atoms with van der Waals surface area (Å²) in [4.78, 5) is 113. The zero-order valence-electron chi connectivity index (χ0n) is 47.1. The van der Waals surface area contributed by atoms with Gasteiger partial charge in [-0.15, -0.1) is 0 Å². The number of allylic oxidation sites excluding steroid dienone is 4. The molecule has 0 spiro atoms. The Hall–Kier alpha value is -6.32. The molecule has 2 aromatic carbocycles. The molecule has 16 heteroatoms. The third-order valence-corrected chi connectivity index (χ3v) is 14.9. The average Bonchev–Trinajstić information content (AvgIpc) is 3.43. The van der Waals surface area contributed by atoms with Gasteiger partial charge in [-0.2, -0.15) is 0 Å². The number of hydrogen-bond acceptors (Lipinski definition) is 10. The molecule has 0 aliphatic carbocycles. The van der Waals surface area contributed by atoms with Crippen molar-refractivity contribution in [1.82, 2.24) is 31.1 Å². The zero-order valence-corrected chi connectivity index (χ0v) is 47.1. The standard InChI is InChI=1S/C62H90N6O10/c1-45(2)55-57(71)63-51(41-47-29-19-17-20-30-47)59(73)67-37-27-33-49(43-67)61(75)77-39-26-16-12-8-6-10-14-24-36-54(70)66-56(46(3)4)58(72)64-52(42-48-31-21-18-22-32-48)60(74)68-38-28-34-50(44-68)62(76)78-40-25-15-11-7-5-9-13-23-35-53(69)65-55/h5-8,17-22,29-32,45-46,49-52,55-56H,9-16,23-28,33-44H2,1-4H3,(H,63,71)(H,64,72)(H,65,69)(H,66,70)/b7-5+,8-6+/t49-,50-,51+,52+,55+,56+/m1/s1. The SMILES string of the molecule is CC(C)[C@@H]1NC(=O)CCCC/C=C/CCCCOC(=O)[C@@H]2CCCN(C2)C(=O)[C@H](Cc2ccccc2)NC(=O)[C@H](C(C)C)NC(=O)CCCC/C=C/CCCCOC(=O)[C@@H]2CCCN(C2)C(=O)[C@H](Cc2ccccc2)NC1=O. The highest BCUT2D eigenvalue weighted by atomic mass is 16.5. The summed E-state index contributed by atoms with van der Waals surface area (Å²) in [6, 6.07) is 15.4. The Balaban J connectivity index is 1.20. The van der Waals surface area contributed by atoms with Crippen LogP contribution in [0, 0.1) is 23.7 Å². The molecule has 3 heterocycles. The smallest absolute Gasteiger partial charge is 0.310 e. The van der Waals surface area contributed by atoms with Crippen LogP contribution in [0.15, 0.2) is 85.0 Å². The molecule has 3 aliphatic rings. The van der Waals surface area contributed by atoms with E-state index in [4.69, 9.17) is 9.47 Å². The summed E-state index contributed by atoms with van der Waals surface area (Å²) in [5, 5.41) is 11.8. The lowest BCUT2D eigenvalue weighted by atomic mass is 9.96. The summed E-state index contributed by atoms with van der Waals surface area (Å²) in [5.74, 6) is -3.97. The molecule has 4 N–H and O–H groups in total. The zero-order chi connectivity index (χ0) is 56.1. The van der Waals surface area contributed by atoms with Crippen molar-refractivity contribution in [1.29, 1.82) is 0 Å². The lowest BCUT2D eigenvalue weighted by Crippen LogP contribution is -2.57. The van der Waals surface area contributed by atoms with Gasteiger partial charge in [0.15, 0.2) is 0 Å². The first-order valence-corrected chi connectivity index (χ1v) is 29.2. The Kier molecular flexibility index (Phi) is 27.7. The summed E-state index contributed by atoms with van der Waals surface area (Å²) >= 11 is 0. The Labute approximate surface area is 464 Å². The fourth-order valence-electron chi connectivity index (χ4n) is 10.2. The third kappa shape index (κ3) is 22.2. The Morgan fingerprint density at radius 2 is 0.821 bits per heavy atom. The van der Waals surface area contributed by atoms with E-state index in [9.17, 15) is 38.4 Å². The van der Waals surface area contributed by atoms with Gasteiger partial charge in [-0.05, 0) is 126 Å². The number of ether oxygens (including phenoxy) is 2. The molecule has 3 aliphatic heterocycles. The van der Waals surface area contributed by atoms with Crippen LogP contribution in [0.5, 0.6) is 0 Å². The molecular weight excluding hydrogens is 989 g/mol. The first-order chi connectivity index (χ1) is 37.7. The van der Waals surface area contributed by atoms with E-state index >= 15 is 0 Å². The van der Waals surface area contributed by atoms with Crippen molar-refractivity contribution >= 4 is 47.4 Å². The maximum atomic E-state index is 14.3. The van der Waals surface area contributed by atoms with Crippen molar-refractivity contribution < 1.29 is 47.8 Å². The Morgan fingerprint density at radius 3 is 1.18 bits per heavy atom. The van der Waals surface area contributed by atoms with Crippen molar-refractivity contribution in [3.63, 3.8) is 0 Å². The van der Waals surface area contributed by atoms with E-state index in [2.05, 4.69) is 45.6 Å². The lowest BCUT2D eigenvalue weighted by molar-refractivity contribution is -0.153. The maximum Gasteiger partial charge on any atom is 0.310 e. The highest BCUT2D eigenvalue weighted by molar-refractivity contribution is 5.94. The third-order valence-electron chi connectivity index (χ3n) is 14.9. The van der Waals surface area contributed by atoms with Crippen LogP contribution in [0.1, 0.15) is 154 Å². The van der Waals surface area contributed by atoms with Crippen LogP contribution in [0.25, 0.3) is 0 Å². The minimum atomic E-state index is -0.904. The second-order valence-electron chi connectivity index (χ2n) is 22.1. The molecule has 2 aromatic rings. The van der Waals surface area contributed by atoms with Gasteiger partial charge >= 0.3 is 11.9 Å². The number of hydrogen-bond donors (Lipinski definition) is 4. The van der Waals surface area contributed by atoms with Crippen LogP contribution in [0.2, 0.25) is 0 Å². The molecule has 0 aromatic heterocycles. The van der Waals surface area contributed by atoms with Gasteiger partial charge < -0.3 is 40.5 Å². The van der Waals surface area contributed by atoms with Crippen LogP contribution in [-0.4, -0.2) is 121 Å². The number of carbonyl (C=O) groups is 8. The van der Waals surface area contributed by atoms with E-state index in [-0.39, 0.29) is 99.4 Å². The first-order valence-electron chi connectivity index (χ1n) is 29.2. The predicted molar refractivity (Wildman–Crippen MR) is 301 cm³/mol. The van der Waals surface area contributed by atoms with Gasteiger partial charge in [-0.1, -0.05) is 113 Å². The molecular formula is C62H90N6O10. The fraction of sp³-hybridized carbons (Fsp3) is 0.613. The fourth-order valence-corrected chi connectivity index (χ4v) is 10.2. The van der Waals surface area contributed by atoms with Crippen LogP contribution in [0.4, 0.5) is 0 Å². The molecule has 6 amide bonds. The lowest BCUT2D eigenvalue weighted by Gasteiger charge is -2.35. The van der Waals surface area contributed by atoms with E-state index in [1.165, 1.54) is 0 Å². The maximum absolute atomic E-state index is 14.3. The number of benzene rings is 2. The summed E-state index contributed by atoms with van der Waals surface area (Å²) in [6.45, 7) is 9.30. The molecule has 0 radical (unpaired) electrons. The summed E-state index contributed by atoms with van der Waals surface area (Å²) < 4.78 is 11.4. The molecule has 0 unspecified atom stereocenters. The van der Waals surface area contributed by atoms with Crippen molar-refractivity contribution in [2.75, 3.05) is 39.4 Å². The minimum Gasteiger partial charge on any atom is -0.465 e. The number of rotatable bonds is 6. The quantitative estimate of drug-likeness (QED) is 0.163. The van der Waals surface area contributed by atoms with Gasteiger partial charge in [0.05, 0.1) is 25.0 Å². The largest absolute Gasteiger partial charge is 0.465 e. The second kappa shape index (κ2) is 34.5. The number of piperidine rings is 2. The Bertz CT molecular complexity index is 2110. The highest BCUT2D eigenvalue weighted by Crippen LogP contribution is 2.23. The normalized spacial score (nSPS) is 26.0. The van der Waals surface area contributed by atoms with E-state index in [0.29, 0.717) is 64.5 Å². The monoisotopic (exact) mass is 1080 g/mol. The summed E-state index contributed by atoms with van der Waals surface area (Å²) in [5.41, 5.74) is 1.75. The number of nitrogens with one attached hydrogen (secondary N) is 4. The molecule has 16 nitrogen and oxygen atoms in total. The first kappa shape index (κ1) is 62.5. The van der Waals surface area contributed by atoms with Crippen LogP contribution < -0.4 is 21.3 Å². The molecule has 428 valence electrons. The van der Waals surface area contributed by atoms with E-state index < -0.39 is 47.8 Å². The number of nitrogens with zero attached hydrogens (tertiary/aromatic N) is 2. The van der Waals surface area contributed by atoms with Crippen molar-refractivity contribution in [2.45, 2.75) is 180 Å². The molecule has 6 atom stereocenters. The number of fused-ring (bicyclic) bond motifs is 4.